The standard InChI is InChI=1S/C23H23N3O3/c1-24-23(28)18-11-13-19(14-12-18)26-22(27)15-25-20-9-5-6-10-21(20)29-16-17-7-3-2-4-8-17/h2-14,25H,15-16H2,1H3,(H,24,28)(H,26,27). The Balaban J connectivity index is 1.54. The van der Waals surface area contributed by atoms with Crippen molar-refractivity contribution in [3.05, 3.63) is 90.0 Å². The van der Waals surface area contributed by atoms with E-state index in [1.54, 1.807) is 31.3 Å². The van der Waals surface area contributed by atoms with Gasteiger partial charge in [0.15, 0.2) is 0 Å². The number of rotatable bonds is 8. The first-order chi connectivity index (χ1) is 14.2. The van der Waals surface area contributed by atoms with E-state index in [1.807, 2.05) is 54.6 Å². The number of carbonyl (C=O) groups excluding carboxylic acids is 2. The van der Waals surface area contributed by atoms with E-state index in [2.05, 4.69) is 16.0 Å². The summed E-state index contributed by atoms with van der Waals surface area (Å²) < 4.78 is 5.89. The van der Waals surface area contributed by atoms with E-state index in [0.29, 0.717) is 23.6 Å². The van der Waals surface area contributed by atoms with Gasteiger partial charge in [0, 0.05) is 18.3 Å². The van der Waals surface area contributed by atoms with Crippen LogP contribution in [0.1, 0.15) is 15.9 Å². The molecule has 3 N–H and O–H groups in total. The fraction of sp³-hybridized carbons (Fsp3) is 0.130. The molecule has 0 bridgehead atoms. The van der Waals surface area contributed by atoms with Gasteiger partial charge in [-0.2, -0.15) is 0 Å². The van der Waals surface area contributed by atoms with E-state index >= 15 is 0 Å². The van der Waals surface area contributed by atoms with Gasteiger partial charge in [-0.3, -0.25) is 9.59 Å². The normalized spacial score (nSPS) is 10.1. The summed E-state index contributed by atoms with van der Waals surface area (Å²) in [5, 5.41) is 8.46. The second-order valence-electron chi connectivity index (χ2n) is 6.33. The Kier molecular flexibility index (Phi) is 6.84. The zero-order valence-corrected chi connectivity index (χ0v) is 16.1. The average molecular weight is 389 g/mol. The Hall–Kier alpha value is -3.80. The Labute approximate surface area is 169 Å². The molecule has 0 aromatic heterocycles. The molecule has 6 heteroatoms. The number of hydrogen-bond donors (Lipinski definition) is 3. The summed E-state index contributed by atoms with van der Waals surface area (Å²) in [7, 11) is 1.57. The second-order valence-corrected chi connectivity index (χ2v) is 6.33. The van der Waals surface area contributed by atoms with Gasteiger partial charge in [-0.05, 0) is 42.0 Å². The first-order valence-corrected chi connectivity index (χ1v) is 9.27. The number of carbonyl (C=O) groups is 2. The van der Waals surface area contributed by atoms with Crippen LogP contribution in [0.25, 0.3) is 0 Å². The van der Waals surface area contributed by atoms with Crippen LogP contribution in [0.2, 0.25) is 0 Å². The lowest BCUT2D eigenvalue weighted by Crippen LogP contribution is -2.22. The zero-order valence-electron chi connectivity index (χ0n) is 16.1. The zero-order chi connectivity index (χ0) is 20.5. The van der Waals surface area contributed by atoms with Crippen LogP contribution >= 0.6 is 0 Å². The molecule has 3 aromatic carbocycles. The molecule has 3 rings (SSSR count). The average Bonchev–Trinajstić information content (AvgIpc) is 2.77. The molecule has 0 aliphatic heterocycles. The molecule has 3 aromatic rings. The first kappa shape index (κ1) is 19.9. The van der Waals surface area contributed by atoms with Crippen LogP contribution in [0.15, 0.2) is 78.9 Å². The van der Waals surface area contributed by atoms with Crippen LogP contribution < -0.4 is 20.7 Å². The molecule has 0 saturated heterocycles. The van der Waals surface area contributed by atoms with Gasteiger partial charge >= 0.3 is 0 Å². The molecule has 2 amide bonds. The van der Waals surface area contributed by atoms with Gasteiger partial charge in [-0.1, -0.05) is 42.5 Å². The first-order valence-electron chi connectivity index (χ1n) is 9.27. The highest BCUT2D eigenvalue weighted by Gasteiger charge is 2.08. The predicted octanol–water partition coefficient (Wildman–Crippen LogP) is 3.68. The molecule has 148 valence electrons. The van der Waals surface area contributed by atoms with E-state index < -0.39 is 0 Å². The maximum atomic E-state index is 12.3. The van der Waals surface area contributed by atoms with Crippen molar-refractivity contribution in [2.45, 2.75) is 6.61 Å². The van der Waals surface area contributed by atoms with Crippen molar-refractivity contribution in [1.29, 1.82) is 0 Å². The molecule has 0 spiro atoms. The highest BCUT2D eigenvalue weighted by molar-refractivity contribution is 5.96. The van der Waals surface area contributed by atoms with Crippen molar-refractivity contribution in [3.63, 3.8) is 0 Å². The van der Waals surface area contributed by atoms with Gasteiger partial charge in [0.25, 0.3) is 5.91 Å². The number of anilines is 2. The van der Waals surface area contributed by atoms with E-state index in [4.69, 9.17) is 4.74 Å². The molecule has 0 radical (unpaired) electrons. The van der Waals surface area contributed by atoms with Gasteiger partial charge in [0.05, 0.1) is 12.2 Å². The summed E-state index contributed by atoms with van der Waals surface area (Å²) in [6.07, 6.45) is 0. The van der Waals surface area contributed by atoms with Crippen molar-refractivity contribution in [2.24, 2.45) is 0 Å². The minimum atomic E-state index is -0.199. The summed E-state index contributed by atoms with van der Waals surface area (Å²) in [4.78, 5) is 23.8. The van der Waals surface area contributed by atoms with Crippen LogP contribution in [-0.2, 0) is 11.4 Å². The summed E-state index contributed by atoms with van der Waals surface area (Å²) in [5.74, 6) is 0.311. The molecule has 29 heavy (non-hydrogen) atoms. The molecule has 0 saturated carbocycles. The molecule has 0 unspecified atom stereocenters. The lowest BCUT2D eigenvalue weighted by molar-refractivity contribution is -0.114. The fourth-order valence-corrected chi connectivity index (χ4v) is 2.70. The summed E-state index contributed by atoms with van der Waals surface area (Å²) in [6.45, 7) is 0.534. The molecule has 0 aliphatic carbocycles. The lowest BCUT2D eigenvalue weighted by Gasteiger charge is -2.13. The molecule has 0 heterocycles. The smallest absolute Gasteiger partial charge is 0.251 e. The maximum absolute atomic E-state index is 12.3. The van der Waals surface area contributed by atoms with Crippen molar-refractivity contribution >= 4 is 23.2 Å². The van der Waals surface area contributed by atoms with Crippen molar-refractivity contribution in [3.8, 4) is 5.75 Å². The van der Waals surface area contributed by atoms with E-state index in [0.717, 1.165) is 11.3 Å². The Morgan fingerprint density at radius 3 is 2.28 bits per heavy atom. The minimum absolute atomic E-state index is 0.0862. The van der Waals surface area contributed by atoms with Crippen LogP contribution in [0, 0.1) is 0 Å². The number of nitrogens with one attached hydrogen (secondary N) is 3. The molecule has 6 nitrogen and oxygen atoms in total. The van der Waals surface area contributed by atoms with Gasteiger partial charge in [0.1, 0.15) is 12.4 Å². The topological polar surface area (TPSA) is 79.5 Å². The molecular weight excluding hydrogens is 366 g/mol. The van der Waals surface area contributed by atoms with Crippen LogP contribution in [-0.4, -0.2) is 25.4 Å². The van der Waals surface area contributed by atoms with Crippen LogP contribution in [0.4, 0.5) is 11.4 Å². The number of hydrogen-bond acceptors (Lipinski definition) is 4. The number of benzene rings is 3. The minimum Gasteiger partial charge on any atom is -0.487 e. The van der Waals surface area contributed by atoms with Crippen molar-refractivity contribution in [1.82, 2.24) is 5.32 Å². The van der Waals surface area contributed by atoms with Crippen LogP contribution in [0.3, 0.4) is 0 Å². The summed E-state index contributed by atoms with van der Waals surface area (Å²) >= 11 is 0. The third kappa shape index (κ3) is 5.84. The third-order valence-corrected chi connectivity index (χ3v) is 4.22. The van der Waals surface area contributed by atoms with E-state index in [1.165, 1.54) is 0 Å². The maximum Gasteiger partial charge on any atom is 0.251 e. The quantitative estimate of drug-likeness (QED) is 0.549. The predicted molar refractivity (Wildman–Crippen MR) is 114 cm³/mol. The van der Waals surface area contributed by atoms with Gasteiger partial charge in [-0.15, -0.1) is 0 Å². The number of ether oxygens (including phenoxy) is 1. The Morgan fingerprint density at radius 1 is 0.862 bits per heavy atom. The van der Waals surface area contributed by atoms with Crippen molar-refractivity contribution < 1.29 is 14.3 Å². The monoisotopic (exact) mass is 389 g/mol. The fourth-order valence-electron chi connectivity index (χ4n) is 2.70. The highest BCUT2D eigenvalue weighted by atomic mass is 16.5. The lowest BCUT2D eigenvalue weighted by atomic mass is 10.2. The summed E-state index contributed by atoms with van der Waals surface area (Å²) in [6, 6.07) is 24.1. The van der Waals surface area contributed by atoms with E-state index in [9.17, 15) is 9.59 Å². The summed E-state index contributed by atoms with van der Waals surface area (Å²) in [5.41, 5.74) is 2.97. The largest absolute Gasteiger partial charge is 0.487 e. The van der Waals surface area contributed by atoms with Crippen LogP contribution in [0.5, 0.6) is 5.75 Å². The molecule has 0 aliphatic rings. The van der Waals surface area contributed by atoms with E-state index in [-0.39, 0.29) is 18.4 Å². The second kappa shape index (κ2) is 9.94. The molecular formula is C23H23N3O3. The highest BCUT2D eigenvalue weighted by Crippen LogP contribution is 2.24. The van der Waals surface area contributed by atoms with Gasteiger partial charge in [0.2, 0.25) is 5.91 Å². The SMILES string of the molecule is CNC(=O)c1ccc(NC(=O)CNc2ccccc2OCc2ccccc2)cc1. The Morgan fingerprint density at radius 2 is 1.55 bits per heavy atom. The number of amides is 2. The van der Waals surface area contributed by atoms with Gasteiger partial charge < -0.3 is 20.7 Å². The van der Waals surface area contributed by atoms with Crippen molar-refractivity contribution in [2.75, 3.05) is 24.2 Å². The third-order valence-electron chi connectivity index (χ3n) is 4.22. The molecule has 0 atom stereocenters. The Bertz CT molecular complexity index is 957. The molecule has 0 fully saturated rings. The number of para-hydroxylation sites is 2. The van der Waals surface area contributed by atoms with Gasteiger partial charge in [-0.25, -0.2) is 0 Å².